The first-order valence-electron chi connectivity index (χ1n) is 9.26. The molecule has 136 valence electrons. The third-order valence-corrected chi connectivity index (χ3v) is 5.69. The number of nitrogens with zero attached hydrogens (tertiary/aromatic N) is 4. The Balaban J connectivity index is 1.44. The number of hydrogen-bond donors (Lipinski definition) is 0. The zero-order chi connectivity index (χ0) is 17.6. The molecule has 2 amide bonds. The normalized spacial score (nSPS) is 28.6. The molecule has 1 saturated heterocycles. The number of fused-ring (bicyclic) bond motifs is 1. The van der Waals surface area contributed by atoms with Crippen LogP contribution in [0, 0.1) is 11.8 Å². The smallest absolute Gasteiger partial charge is 0.228 e. The minimum atomic E-state index is -0.0266. The summed E-state index contributed by atoms with van der Waals surface area (Å²) in [6.45, 7) is 8.19. The summed E-state index contributed by atoms with van der Waals surface area (Å²) in [7, 11) is 0. The van der Waals surface area contributed by atoms with Crippen LogP contribution in [0.3, 0.4) is 0 Å². The van der Waals surface area contributed by atoms with Crippen molar-refractivity contribution in [1.82, 2.24) is 19.4 Å². The molecule has 1 aromatic rings. The number of amides is 2. The van der Waals surface area contributed by atoms with E-state index >= 15 is 0 Å². The van der Waals surface area contributed by atoms with E-state index in [0.29, 0.717) is 38.6 Å². The monoisotopic (exact) mass is 346 g/mol. The van der Waals surface area contributed by atoms with E-state index < -0.39 is 0 Å². The van der Waals surface area contributed by atoms with E-state index in [1.165, 1.54) is 0 Å². The molecule has 0 unspecified atom stereocenters. The second-order valence-corrected chi connectivity index (χ2v) is 7.48. The first-order chi connectivity index (χ1) is 12.0. The molecule has 0 spiro atoms. The van der Waals surface area contributed by atoms with Crippen molar-refractivity contribution in [1.29, 1.82) is 0 Å². The highest BCUT2D eigenvalue weighted by Gasteiger charge is 2.44. The maximum absolute atomic E-state index is 12.6. The van der Waals surface area contributed by atoms with E-state index in [-0.39, 0.29) is 23.8 Å². The third kappa shape index (κ3) is 3.17. The fraction of sp³-hybridized carbons (Fsp3) is 0.722. The van der Waals surface area contributed by atoms with Gasteiger partial charge in [-0.25, -0.2) is 4.98 Å². The molecule has 3 heterocycles. The Kier molecular flexibility index (Phi) is 4.27. The predicted octanol–water partition coefficient (Wildman–Crippen LogP) is 0.844. The van der Waals surface area contributed by atoms with Gasteiger partial charge in [0.05, 0.1) is 31.4 Å². The molecular weight excluding hydrogens is 320 g/mol. The fourth-order valence-electron chi connectivity index (χ4n) is 3.89. The minimum absolute atomic E-state index is 0.0266. The molecule has 0 aromatic carbocycles. The molecule has 25 heavy (non-hydrogen) atoms. The van der Waals surface area contributed by atoms with Crippen molar-refractivity contribution in [3.8, 4) is 0 Å². The van der Waals surface area contributed by atoms with Crippen LogP contribution >= 0.6 is 0 Å². The van der Waals surface area contributed by atoms with Gasteiger partial charge in [0.25, 0.3) is 0 Å². The van der Waals surface area contributed by atoms with Gasteiger partial charge in [0, 0.05) is 38.3 Å². The summed E-state index contributed by atoms with van der Waals surface area (Å²) in [4.78, 5) is 33.5. The average Bonchev–Trinajstić information content (AvgIpc) is 3.20. The van der Waals surface area contributed by atoms with E-state index in [9.17, 15) is 9.59 Å². The van der Waals surface area contributed by atoms with Crippen LogP contribution in [0.5, 0.6) is 0 Å². The molecule has 1 saturated carbocycles. The molecule has 0 bridgehead atoms. The summed E-state index contributed by atoms with van der Waals surface area (Å²) in [6.07, 6.45) is 3.31. The number of rotatable bonds is 3. The molecule has 7 heteroatoms. The van der Waals surface area contributed by atoms with Crippen molar-refractivity contribution in [2.24, 2.45) is 11.8 Å². The van der Waals surface area contributed by atoms with Crippen molar-refractivity contribution in [2.45, 2.75) is 39.3 Å². The maximum atomic E-state index is 12.6. The standard InChI is InChI=1S/C18H26N4O3/c1-12-9-15(12)18(24)22-4-3-21-11-14(19-17(21)13(22)2)10-16(23)20-5-7-25-8-6-20/h11-13,15H,3-10H2,1-2H3/t12-,13-,15-/m1/s1. The van der Waals surface area contributed by atoms with Gasteiger partial charge in [-0.2, -0.15) is 0 Å². The van der Waals surface area contributed by atoms with Crippen LogP contribution in [0.4, 0.5) is 0 Å². The van der Waals surface area contributed by atoms with Gasteiger partial charge in [-0.3, -0.25) is 9.59 Å². The molecule has 0 N–H and O–H groups in total. The molecule has 3 aliphatic rings. The Morgan fingerprint density at radius 1 is 1.20 bits per heavy atom. The van der Waals surface area contributed by atoms with Gasteiger partial charge in [-0.15, -0.1) is 0 Å². The second-order valence-electron chi connectivity index (χ2n) is 7.48. The Hall–Kier alpha value is -1.89. The zero-order valence-corrected chi connectivity index (χ0v) is 15.0. The average molecular weight is 346 g/mol. The van der Waals surface area contributed by atoms with E-state index in [1.807, 2.05) is 22.9 Å². The van der Waals surface area contributed by atoms with Crippen LogP contribution in [0.15, 0.2) is 6.20 Å². The number of morpholine rings is 1. The number of aromatic nitrogens is 2. The van der Waals surface area contributed by atoms with Crippen LogP contribution in [-0.2, 0) is 27.3 Å². The molecule has 4 rings (SSSR count). The van der Waals surface area contributed by atoms with Crippen molar-refractivity contribution in [3.05, 3.63) is 17.7 Å². The first-order valence-corrected chi connectivity index (χ1v) is 9.26. The highest BCUT2D eigenvalue weighted by atomic mass is 16.5. The van der Waals surface area contributed by atoms with Gasteiger partial charge in [0.2, 0.25) is 11.8 Å². The van der Waals surface area contributed by atoms with Crippen LogP contribution in [0.25, 0.3) is 0 Å². The summed E-state index contributed by atoms with van der Waals surface area (Å²) >= 11 is 0. The summed E-state index contributed by atoms with van der Waals surface area (Å²) in [6, 6.07) is -0.0266. The zero-order valence-electron chi connectivity index (χ0n) is 15.0. The Morgan fingerprint density at radius 3 is 2.60 bits per heavy atom. The molecule has 3 atom stereocenters. The molecule has 7 nitrogen and oxygen atoms in total. The van der Waals surface area contributed by atoms with Crippen molar-refractivity contribution < 1.29 is 14.3 Å². The van der Waals surface area contributed by atoms with Gasteiger partial charge in [0.15, 0.2) is 0 Å². The lowest BCUT2D eigenvalue weighted by molar-refractivity contribution is -0.136. The quantitative estimate of drug-likeness (QED) is 0.814. The van der Waals surface area contributed by atoms with E-state index in [4.69, 9.17) is 4.74 Å². The SMILES string of the molecule is C[C@@H]1C[C@H]1C(=O)N1CCn2cc(CC(=O)N3CCOCC3)nc2[C@H]1C. The van der Waals surface area contributed by atoms with Gasteiger partial charge < -0.3 is 19.1 Å². The van der Waals surface area contributed by atoms with E-state index in [2.05, 4.69) is 16.5 Å². The largest absolute Gasteiger partial charge is 0.378 e. The molecule has 0 radical (unpaired) electrons. The number of ether oxygens (including phenoxy) is 1. The van der Waals surface area contributed by atoms with Crippen molar-refractivity contribution >= 4 is 11.8 Å². The molecule has 2 aliphatic heterocycles. The highest BCUT2D eigenvalue weighted by molar-refractivity contribution is 5.82. The lowest BCUT2D eigenvalue weighted by atomic mass is 10.1. The lowest BCUT2D eigenvalue weighted by Gasteiger charge is -2.34. The molecule has 2 fully saturated rings. The van der Waals surface area contributed by atoms with Gasteiger partial charge >= 0.3 is 0 Å². The van der Waals surface area contributed by atoms with Crippen molar-refractivity contribution in [3.63, 3.8) is 0 Å². The lowest BCUT2D eigenvalue weighted by Crippen LogP contribution is -2.42. The number of carbonyl (C=O) groups is 2. The van der Waals surface area contributed by atoms with Crippen LogP contribution in [0.1, 0.15) is 37.8 Å². The van der Waals surface area contributed by atoms with Gasteiger partial charge in [-0.1, -0.05) is 6.92 Å². The van der Waals surface area contributed by atoms with Gasteiger partial charge in [-0.05, 0) is 19.3 Å². The molecule has 1 aromatic heterocycles. The van der Waals surface area contributed by atoms with E-state index in [1.54, 1.807) is 0 Å². The van der Waals surface area contributed by atoms with Crippen LogP contribution in [0.2, 0.25) is 0 Å². The van der Waals surface area contributed by atoms with Crippen LogP contribution < -0.4 is 0 Å². The fourth-order valence-corrected chi connectivity index (χ4v) is 3.89. The summed E-state index contributed by atoms with van der Waals surface area (Å²) in [5, 5.41) is 0. The predicted molar refractivity (Wildman–Crippen MR) is 90.7 cm³/mol. The number of hydrogen-bond acceptors (Lipinski definition) is 4. The van der Waals surface area contributed by atoms with E-state index in [0.717, 1.165) is 31.0 Å². The summed E-state index contributed by atoms with van der Waals surface area (Å²) < 4.78 is 7.40. The minimum Gasteiger partial charge on any atom is -0.378 e. The van der Waals surface area contributed by atoms with Crippen molar-refractivity contribution in [2.75, 3.05) is 32.8 Å². The third-order valence-electron chi connectivity index (χ3n) is 5.69. The number of carbonyl (C=O) groups excluding carboxylic acids is 2. The second kappa shape index (κ2) is 6.44. The summed E-state index contributed by atoms with van der Waals surface area (Å²) in [5.74, 6) is 1.98. The van der Waals surface area contributed by atoms with Gasteiger partial charge in [0.1, 0.15) is 5.82 Å². The highest BCUT2D eigenvalue weighted by Crippen LogP contribution is 2.41. The number of imidazole rings is 1. The first kappa shape index (κ1) is 16.6. The Bertz CT molecular complexity index is 680. The van der Waals surface area contributed by atoms with Crippen LogP contribution in [-0.4, -0.2) is 64.0 Å². The molecule has 1 aliphatic carbocycles. The Labute approximate surface area is 147 Å². The maximum Gasteiger partial charge on any atom is 0.228 e. The molecular formula is C18H26N4O3. The topological polar surface area (TPSA) is 67.7 Å². The summed E-state index contributed by atoms with van der Waals surface area (Å²) in [5.41, 5.74) is 0.799. The Morgan fingerprint density at radius 2 is 1.92 bits per heavy atom.